The number of benzene rings is 2. The van der Waals surface area contributed by atoms with Crippen molar-refractivity contribution in [1.82, 2.24) is 0 Å². The maximum Gasteiger partial charge on any atom is 0.334 e. The van der Waals surface area contributed by atoms with Crippen molar-refractivity contribution < 1.29 is 47.7 Å². The molecule has 45 heavy (non-hydrogen) atoms. The minimum atomic E-state index is -1.55. The Bertz CT molecular complexity index is 1600. The van der Waals surface area contributed by atoms with Crippen LogP contribution in [-0.2, 0) is 28.7 Å². The average molecular weight is 619 g/mol. The number of esters is 1. The molecule has 236 valence electrons. The molecule has 1 saturated carbocycles. The van der Waals surface area contributed by atoms with Gasteiger partial charge in [-0.3, -0.25) is 19.2 Å². The number of anilines is 2. The first-order valence-electron chi connectivity index (χ1n) is 14.6. The summed E-state index contributed by atoms with van der Waals surface area (Å²) in [6, 6.07) is 9.43. The van der Waals surface area contributed by atoms with Crippen molar-refractivity contribution in [2.45, 2.75) is 20.8 Å². The number of allylic oxidation sites excluding steroid dienone is 1. The van der Waals surface area contributed by atoms with Crippen molar-refractivity contribution in [3.63, 3.8) is 0 Å². The molecule has 0 N–H and O–H groups in total. The van der Waals surface area contributed by atoms with E-state index in [9.17, 15) is 24.0 Å². The van der Waals surface area contributed by atoms with Crippen LogP contribution in [0.15, 0.2) is 47.5 Å². The SMILES string of the molecule is CCOC(=O)C1=C(C)C2C3C(=O)N(c4ccc(OC)cc4OC)C(=O)C3C1(C)C1C(=O)N(c3ccc(OC)cc3OC)C(=O)C21. The number of carbonyl (C=O) groups excluding carboxylic acids is 5. The zero-order valence-electron chi connectivity index (χ0n) is 26.0. The Labute approximate surface area is 259 Å². The van der Waals surface area contributed by atoms with Gasteiger partial charge < -0.3 is 23.7 Å². The molecule has 2 bridgehead atoms. The molecule has 12 nitrogen and oxygen atoms in total. The molecule has 5 aliphatic rings. The topological polar surface area (TPSA) is 138 Å². The first-order chi connectivity index (χ1) is 21.5. The summed E-state index contributed by atoms with van der Waals surface area (Å²) in [5.74, 6) is -6.74. The molecule has 2 aromatic carbocycles. The molecule has 4 amide bonds. The van der Waals surface area contributed by atoms with Crippen molar-refractivity contribution in [3.05, 3.63) is 47.5 Å². The van der Waals surface area contributed by atoms with Crippen LogP contribution in [0, 0.1) is 35.0 Å². The van der Waals surface area contributed by atoms with Gasteiger partial charge in [-0.05, 0) is 38.1 Å². The molecular formula is C33H34N2O10. The molecule has 7 rings (SSSR count). The van der Waals surface area contributed by atoms with Crippen molar-refractivity contribution in [3.8, 4) is 23.0 Å². The van der Waals surface area contributed by atoms with Crippen LogP contribution in [-0.4, -0.2) is 64.6 Å². The first-order valence-corrected chi connectivity index (χ1v) is 14.6. The molecule has 2 aliphatic heterocycles. The van der Waals surface area contributed by atoms with E-state index in [1.54, 1.807) is 57.2 Å². The van der Waals surface area contributed by atoms with Crippen LogP contribution in [0.3, 0.4) is 0 Å². The Morgan fingerprint density at radius 2 is 1.16 bits per heavy atom. The standard InChI is InChI=1S/C33H34N2O10/c1-8-45-32(40)25-15(2)22-23-26(30(38)34(28(23)36)18-11-9-16(41-4)13-20(18)43-6)33(25,3)27-24(22)29(37)35(31(27)39)19-12-10-17(42-5)14-21(19)44-7/h9-14,22-24,26-27H,8H2,1-7H3. The fourth-order valence-corrected chi connectivity index (χ4v) is 8.22. The third-order valence-electron chi connectivity index (χ3n) is 9.94. The molecule has 0 aromatic heterocycles. The third-order valence-corrected chi connectivity index (χ3v) is 9.94. The fourth-order valence-electron chi connectivity index (χ4n) is 8.22. The van der Waals surface area contributed by atoms with Gasteiger partial charge >= 0.3 is 5.97 Å². The van der Waals surface area contributed by atoms with Crippen LogP contribution < -0.4 is 28.7 Å². The number of hydrogen-bond donors (Lipinski definition) is 0. The highest BCUT2D eigenvalue weighted by atomic mass is 16.5. The van der Waals surface area contributed by atoms with E-state index in [-0.39, 0.29) is 35.1 Å². The predicted octanol–water partition coefficient (Wildman–Crippen LogP) is 3.16. The summed E-state index contributed by atoms with van der Waals surface area (Å²) in [6.45, 7) is 5.03. The van der Waals surface area contributed by atoms with E-state index in [4.69, 9.17) is 23.7 Å². The second kappa shape index (κ2) is 10.6. The fraction of sp³-hybridized carbons (Fsp3) is 0.424. The van der Waals surface area contributed by atoms with Gasteiger partial charge in [0.1, 0.15) is 23.0 Å². The quantitative estimate of drug-likeness (QED) is 0.320. The second-order valence-corrected chi connectivity index (χ2v) is 11.7. The van der Waals surface area contributed by atoms with Gasteiger partial charge in [0.05, 0.1) is 70.1 Å². The van der Waals surface area contributed by atoms with E-state index in [0.29, 0.717) is 17.1 Å². The summed E-state index contributed by atoms with van der Waals surface area (Å²) in [5.41, 5.74) is -0.524. The summed E-state index contributed by atoms with van der Waals surface area (Å²) in [4.78, 5) is 73.5. The highest BCUT2D eigenvalue weighted by Gasteiger charge is 2.77. The van der Waals surface area contributed by atoms with E-state index in [2.05, 4.69) is 0 Å². The largest absolute Gasteiger partial charge is 0.497 e. The van der Waals surface area contributed by atoms with E-state index in [1.807, 2.05) is 0 Å². The van der Waals surface area contributed by atoms with Crippen LogP contribution in [0.1, 0.15) is 20.8 Å². The van der Waals surface area contributed by atoms with Gasteiger partial charge in [-0.25, -0.2) is 14.6 Å². The van der Waals surface area contributed by atoms with Gasteiger partial charge in [0.15, 0.2) is 0 Å². The Balaban J connectivity index is 1.53. The Morgan fingerprint density at radius 3 is 1.53 bits per heavy atom. The van der Waals surface area contributed by atoms with E-state index < -0.39 is 64.6 Å². The summed E-state index contributed by atoms with van der Waals surface area (Å²) >= 11 is 0. The molecule has 4 unspecified atom stereocenters. The molecule has 2 aromatic rings. The molecule has 2 saturated heterocycles. The summed E-state index contributed by atoms with van der Waals surface area (Å²) in [6.07, 6.45) is 0. The van der Waals surface area contributed by atoms with Crippen molar-refractivity contribution in [1.29, 1.82) is 0 Å². The smallest absolute Gasteiger partial charge is 0.334 e. The summed E-state index contributed by atoms with van der Waals surface area (Å²) in [5, 5.41) is 0. The number of methoxy groups -OCH3 is 4. The van der Waals surface area contributed by atoms with Crippen LogP contribution in [0.25, 0.3) is 0 Å². The van der Waals surface area contributed by atoms with E-state index >= 15 is 0 Å². The van der Waals surface area contributed by atoms with Crippen LogP contribution >= 0.6 is 0 Å². The van der Waals surface area contributed by atoms with Crippen LogP contribution in [0.2, 0.25) is 0 Å². The lowest BCUT2D eigenvalue weighted by atomic mass is 9.43. The number of ether oxygens (including phenoxy) is 5. The van der Waals surface area contributed by atoms with Gasteiger partial charge in [-0.2, -0.15) is 0 Å². The second-order valence-electron chi connectivity index (χ2n) is 11.7. The molecule has 0 radical (unpaired) electrons. The maximum atomic E-state index is 14.5. The summed E-state index contributed by atoms with van der Waals surface area (Å²) in [7, 11) is 5.79. The highest BCUT2D eigenvalue weighted by Crippen LogP contribution is 2.69. The number of amides is 4. The van der Waals surface area contributed by atoms with E-state index in [1.165, 1.54) is 28.4 Å². The van der Waals surface area contributed by atoms with Gasteiger partial charge in [0, 0.05) is 29.0 Å². The zero-order valence-corrected chi connectivity index (χ0v) is 26.0. The molecule has 2 heterocycles. The number of rotatable bonds is 8. The van der Waals surface area contributed by atoms with Crippen molar-refractivity contribution in [2.75, 3.05) is 44.8 Å². The van der Waals surface area contributed by atoms with Gasteiger partial charge in [-0.15, -0.1) is 0 Å². The highest BCUT2D eigenvalue weighted by molar-refractivity contribution is 6.28. The average Bonchev–Trinajstić information content (AvgIpc) is 3.46. The predicted molar refractivity (Wildman–Crippen MR) is 159 cm³/mol. The molecule has 12 heteroatoms. The van der Waals surface area contributed by atoms with E-state index in [0.717, 1.165) is 9.80 Å². The number of hydrogen-bond acceptors (Lipinski definition) is 10. The third kappa shape index (κ3) is 3.87. The number of carbonyl (C=O) groups is 5. The minimum absolute atomic E-state index is 0.0582. The normalized spacial score (nSPS) is 28.4. The zero-order chi connectivity index (χ0) is 32.5. The maximum absolute atomic E-state index is 14.5. The number of imide groups is 2. The van der Waals surface area contributed by atoms with Crippen molar-refractivity contribution in [2.24, 2.45) is 35.0 Å². The van der Waals surface area contributed by atoms with Crippen molar-refractivity contribution >= 4 is 41.0 Å². The van der Waals surface area contributed by atoms with Crippen LogP contribution in [0.5, 0.6) is 23.0 Å². The van der Waals surface area contributed by atoms with Gasteiger partial charge in [0.25, 0.3) is 0 Å². The number of nitrogens with zero attached hydrogens (tertiary/aromatic N) is 2. The monoisotopic (exact) mass is 618 g/mol. The first kappa shape index (κ1) is 30.2. The lowest BCUT2D eigenvalue weighted by molar-refractivity contribution is -0.155. The van der Waals surface area contributed by atoms with Gasteiger partial charge in [0.2, 0.25) is 23.6 Å². The minimum Gasteiger partial charge on any atom is -0.497 e. The lowest BCUT2D eigenvalue weighted by Gasteiger charge is -2.55. The van der Waals surface area contributed by atoms with Gasteiger partial charge in [-0.1, -0.05) is 12.5 Å². The Morgan fingerprint density at radius 1 is 0.711 bits per heavy atom. The lowest BCUT2D eigenvalue weighted by Crippen LogP contribution is -2.61. The summed E-state index contributed by atoms with van der Waals surface area (Å²) < 4.78 is 27.1. The molecule has 4 atom stereocenters. The molecule has 3 aliphatic carbocycles. The molecular weight excluding hydrogens is 584 g/mol. The molecule has 3 fully saturated rings. The molecule has 0 spiro atoms. The van der Waals surface area contributed by atoms with Crippen LogP contribution in [0.4, 0.5) is 11.4 Å². The Hall–Kier alpha value is -4.87. The Kier molecular flexibility index (Phi) is 7.13.